The maximum Gasteiger partial charge on any atom is 0.256 e. The van der Waals surface area contributed by atoms with Crippen LogP contribution in [0.1, 0.15) is 37.6 Å². The van der Waals surface area contributed by atoms with Crippen LogP contribution in [-0.2, 0) is 10.0 Å². The molecule has 5 N–H and O–H groups in total. The Morgan fingerprint density at radius 1 is 1.25 bits per heavy atom. The number of piperazine rings is 1. The van der Waals surface area contributed by atoms with Crippen LogP contribution in [0.25, 0.3) is 0 Å². The third-order valence-electron chi connectivity index (χ3n) is 5.33. The Morgan fingerprint density at radius 3 is 2.50 bits per heavy atom. The lowest BCUT2D eigenvalue weighted by molar-refractivity contribution is 0.196. The number of furan rings is 1. The van der Waals surface area contributed by atoms with E-state index in [0.717, 1.165) is 23.4 Å². The lowest BCUT2D eigenvalue weighted by Gasteiger charge is -2.32. The highest BCUT2D eigenvalue weighted by Gasteiger charge is 2.32. The number of sulfonamides is 1. The Hall–Kier alpha value is -2.41. The number of aromatic hydroxyl groups is 1. The topological polar surface area (TPSA) is 151 Å². The van der Waals surface area contributed by atoms with Gasteiger partial charge in [0.2, 0.25) is 0 Å². The summed E-state index contributed by atoms with van der Waals surface area (Å²) in [6.45, 7) is 8.82. The fourth-order valence-corrected chi connectivity index (χ4v) is 6.17. The minimum Gasteiger partial charge on any atom is -0.504 e. The number of rotatable bonds is 7. The molecule has 2 aromatic rings. The summed E-state index contributed by atoms with van der Waals surface area (Å²) in [4.78, 5) is 10.7. The Labute approximate surface area is 192 Å². The molecule has 0 saturated carbocycles. The minimum absolute atomic E-state index is 0.0170. The predicted molar refractivity (Wildman–Crippen MR) is 126 cm³/mol. The number of nitrogens with two attached hydrogens (primary N) is 2. The zero-order valence-electron chi connectivity index (χ0n) is 18.5. The Bertz CT molecular complexity index is 1100. The number of hydrogen-bond donors (Lipinski definition) is 3. The van der Waals surface area contributed by atoms with Gasteiger partial charge in [-0.1, -0.05) is 13.8 Å². The molecular formula is C20H30N6O4S2. The largest absolute Gasteiger partial charge is 0.504 e. The summed E-state index contributed by atoms with van der Waals surface area (Å²) in [5, 5.41) is 12.0. The molecule has 0 aromatic carbocycles. The van der Waals surface area contributed by atoms with Crippen molar-refractivity contribution >= 4 is 38.7 Å². The average Bonchev–Trinajstić information content (AvgIpc) is 3.37. The van der Waals surface area contributed by atoms with Gasteiger partial charge < -0.3 is 25.9 Å². The van der Waals surface area contributed by atoms with Gasteiger partial charge >= 0.3 is 0 Å². The lowest BCUT2D eigenvalue weighted by Crippen LogP contribution is -2.48. The molecule has 32 heavy (non-hydrogen) atoms. The molecule has 1 aliphatic rings. The van der Waals surface area contributed by atoms with Crippen LogP contribution in [0.2, 0.25) is 0 Å². The van der Waals surface area contributed by atoms with E-state index in [1.807, 2.05) is 26.8 Å². The van der Waals surface area contributed by atoms with Crippen molar-refractivity contribution in [2.24, 2.45) is 21.5 Å². The lowest BCUT2D eigenvalue weighted by atomic mass is 10.1. The second-order valence-corrected chi connectivity index (χ2v) is 10.6. The number of likely N-dealkylation sites (N-methyl/N-ethyl adjacent to an activating group) is 1. The van der Waals surface area contributed by atoms with Crippen LogP contribution in [0.5, 0.6) is 5.75 Å². The molecule has 3 rings (SSSR count). The van der Waals surface area contributed by atoms with Crippen molar-refractivity contribution < 1.29 is 17.9 Å². The highest BCUT2D eigenvalue weighted by molar-refractivity contribution is 7.91. The Morgan fingerprint density at radius 2 is 1.94 bits per heavy atom. The number of hydrogen-bond acceptors (Lipinski definition) is 8. The molecule has 0 aliphatic carbocycles. The first-order chi connectivity index (χ1) is 15.2. The summed E-state index contributed by atoms with van der Waals surface area (Å²) in [6.07, 6.45) is 2.27. The van der Waals surface area contributed by atoms with Crippen molar-refractivity contribution in [2.45, 2.75) is 37.4 Å². The number of amidine groups is 2. The Kier molecular flexibility index (Phi) is 7.59. The summed E-state index contributed by atoms with van der Waals surface area (Å²) in [6, 6.07) is 1.55. The van der Waals surface area contributed by atoms with E-state index in [9.17, 15) is 13.5 Å². The predicted octanol–water partition coefficient (Wildman–Crippen LogP) is 2.18. The van der Waals surface area contributed by atoms with Gasteiger partial charge in [0.15, 0.2) is 21.6 Å². The van der Waals surface area contributed by atoms with Crippen LogP contribution < -0.4 is 11.5 Å². The van der Waals surface area contributed by atoms with E-state index in [2.05, 4.69) is 14.9 Å². The second kappa shape index (κ2) is 10.0. The molecule has 176 valence electrons. The number of nitrogens with zero attached hydrogens (tertiary/aromatic N) is 4. The first-order valence-electron chi connectivity index (χ1n) is 10.4. The van der Waals surface area contributed by atoms with E-state index in [-0.39, 0.29) is 27.6 Å². The molecule has 1 fully saturated rings. The van der Waals surface area contributed by atoms with Gasteiger partial charge in [-0.2, -0.15) is 4.31 Å². The van der Waals surface area contributed by atoms with Crippen molar-refractivity contribution in [1.82, 2.24) is 9.21 Å². The van der Waals surface area contributed by atoms with Crippen LogP contribution in [0.3, 0.4) is 0 Å². The van der Waals surface area contributed by atoms with E-state index >= 15 is 0 Å². The number of aryl methyl sites for hydroxylation is 1. The van der Waals surface area contributed by atoms with Crippen LogP contribution in [0, 0.1) is 6.92 Å². The highest BCUT2D eigenvalue weighted by Crippen LogP contribution is 2.41. The van der Waals surface area contributed by atoms with E-state index in [0.29, 0.717) is 38.4 Å². The fourth-order valence-electron chi connectivity index (χ4n) is 3.40. The van der Waals surface area contributed by atoms with E-state index in [1.165, 1.54) is 9.69 Å². The van der Waals surface area contributed by atoms with Crippen LogP contribution >= 0.6 is 11.3 Å². The summed E-state index contributed by atoms with van der Waals surface area (Å²) in [7, 11) is -3.83. The molecule has 1 saturated heterocycles. The molecule has 10 nitrogen and oxygen atoms in total. The summed E-state index contributed by atoms with van der Waals surface area (Å²) >= 11 is 0.903. The van der Waals surface area contributed by atoms with Crippen molar-refractivity contribution in [2.75, 3.05) is 32.7 Å². The Balaban J connectivity index is 1.80. The normalized spacial score (nSPS) is 18.2. The molecular weight excluding hydrogens is 452 g/mol. The first kappa shape index (κ1) is 24.2. The molecule has 0 spiro atoms. The molecule has 0 radical (unpaired) electrons. The molecule has 12 heteroatoms. The monoisotopic (exact) mass is 482 g/mol. The maximum absolute atomic E-state index is 13.0. The third kappa shape index (κ3) is 5.14. The van der Waals surface area contributed by atoms with E-state index in [1.54, 1.807) is 6.26 Å². The van der Waals surface area contributed by atoms with Gasteiger partial charge in [0.05, 0.1) is 6.26 Å². The highest BCUT2D eigenvalue weighted by atomic mass is 32.2. The van der Waals surface area contributed by atoms with Gasteiger partial charge in [-0.25, -0.2) is 13.4 Å². The van der Waals surface area contributed by atoms with Crippen LogP contribution in [-0.4, -0.2) is 67.1 Å². The average molecular weight is 483 g/mol. The molecule has 0 bridgehead atoms. The number of thiophene rings is 1. The maximum atomic E-state index is 13.0. The first-order valence-corrected chi connectivity index (χ1v) is 12.7. The SMILES string of the molecule is CC[C@@H](N=C(N)C(N)=Nc1csc(S(=O)(=O)N2CCN(CC)CC2)c1O)c1cc(C)co1. The van der Waals surface area contributed by atoms with Crippen molar-refractivity contribution in [3.05, 3.63) is 29.0 Å². The fraction of sp³-hybridized carbons (Fsp3) is 0.500. The van der Waals surface area contributed by atoms with Gasteiger partial charge in [0, 0.05) is 31.6 Å². The zero-order chi connectivity index (χ0) is 23.5. The van der Waals surface area contributed by atoms with Gasteiger partial charge in [-0.05, 0) is 31.5 Å². The quantitative estimate of drug-likeness (QED) is 0.404. The van der Waals surface area contributed by atoms with Crippen LogP contribution in [0.4, 0.5) is 5.69 Å². The zero-order valence-corrected chi connectivity index (χ0v) is 20.1. The molecule has 0 unspecified atom stereocenters. The van der Waals surface area contributed by atoms with Gasteiger partial charge in [0.25, 0.3) is 10.0 Å². The third-order valence-corrected chi connectivity index (χ3v) is 8.71. The second-order valence-electron chi connectivity index (χ2n) is 7.56. The summed E-state index contributed by atoms with van der Waals surface area (Å²) < 4.78 is 32.7. The van der Waals surface area contributed by atoms with Crippen molar-refractivity contribution in [3.8, 4) is 5.75 Å². The van der Waals surface area contributed by atoms with E-state index in [4.69, 9.17) is 15.9 Å². The van der Waals surface area contributed by atoms with E-state index < -0.39 is 15.8 Å². The molecule has 3 heterocycles. The molecule has 1 aliphatic heterocycles. The molecule has 0 amide bonds. The van der Waals surface area contributed by atoms with Gasteiger partial charge in [-0.3, -0.25) is 4.99 Å². The summed E-state index contributed by atoms with van der Waals surface area (Å²) in [5.41, 5.74) is 13.0. The van der Waals surface area contributed by atoms with Gasteiger partial charge in [0.1, 0.15) is 17.5 Å². The number of aliphatic imine (C=N–C) groups is 2. The van der Waals surface area contributed by atoms with Crippen molar-refractivity contribution in [1.29, 1.82) is 0 Å². The minimum atomic E-state index is -3.83. The van der Waals surface area contributed by atoms with Crippen molar-refractivity contribution in [3.63, 3.8) is 0 Å². The summed E-state index contributed by atoms with van der Waals surface area (Å²) in [5.74, 6) is 0.102. The van der Waals surface area contributed by atoms with Gasteiger partial charge in [-0.15, -0.1) is 11.3 Å². The molecule has 2 aromatic heterocycles. The standard InChI is InChI=1S/C20H30N6O4S2/c1-4-14(16-10-13(3)11-30-16)23-18(21)19(22)24-15-12-31-20(17(15)27)32(28,29)26-8-6-25(5-2)7-9-26/h10-12,14,27H,4-9H2,1-3H3,(H2,21,23)(H2,22,24)/t14-/m1/s1. The van der Waals surface area contributed by atoms with Crippen LogP contribution in [0.15, 0.2) is 36.3 Å². The molecule has 1 atom stereocenters. The smallest absolute Gasteiger partial charge is 0.256 e.